The van der Waals surface area contributed by atoms with E-state index in [1.54, 1.807) is 25.3 Å². The maximum absolute atomic E-state index is 12.9. The van der Waals surface area contributed by atoms with Crippen molar-refractivity contribution in [1.82, 2.24) is 10.4 Å². The predicted octanol–water partition coefficient (Wildman–Crippen LogP) is 3.46. The fourth-order valence-electron chi connectivity index (χ4n) is 2.21. The van der Waals surface area contributed by atoms with Crippen molar-refractivity contribution < 1.29 is 9.18 Å². The molecule has 0 aliphatic heterocycles. The topological polar surface area (TPSA) is 57.2 Å². The van der Waals surface area contributed by atoms with E-state index in [4.69, 9.17) is 0 Å². The van der Waals surface area contributed by atoms with Crippen LogP contribution in [0.1, 0.15) is 22.8 Å². The largest absolute Gasteiger partial charge is 0.360 e. The molecule has 0 bridgehead atoms. The molecule has 0 saturated carbocycles. The quantitative estimate of drug-likeness (QED) is 0.564. The molecular weight excluding hydrogens is 281 g/mol. The van der Waals surface area contributed by atoms with E-state index < -0.39 is 0 Å². The molecule has 3 aromatic rings. The van der Waals surface area contributed by atoms with Gasteiger partial charge < -0.3 is 4.98 Å². The zero-order chi connectivity index (χ0) is 15.5. The molecule has 0 fully saturated rings. The average molecular weight is 295 g/mol. The number of halogens is 1. The number of hydrogen-bond acceptors (Lipinski definition) is 2. The number of aromatic nitrogens is 1. The number of amides is 1. The van der Waals surface area contributed by atoms with Crippen LogP contribution >= 0.6 is 0 Å². The Morgan fingerprint density at radius 3 is 2.64 bits per heavy atom. The molecular formula is C17H14FN3O. The Morgan fingerprint density at radius 2 is 1.86 bits per heavy atom. The number of hydrogen-bond donors (Lipinski definition) is 2. The Hall–Kier alpha value is -2.95. The third-order valence-electron chi connectivity index (χ3n) is 3.42. The van der Waals surface area contributed by atoms with Gasteiger partial charge in [-0.1, -0.05) is 30.3 Å². The second kappa shape index (κ2) is 5.81. The van der Waals surface area contributed by atoms with Gasteiger partial charge in [-0.25, -0.2) is 9.82 Å². The summed E-state index contributed by atoms with van der Waals surface area (Å²) >= 11 is 0. The lowest BCUT2D eigenvalue weighted by Gasteiger charge is -2.02. The van der Waals surface area contributed by atoms with Crippen molar-refractivity contribution in [2.24, 2.45) is 5.10 Å². The Balaban J connectivity index is 1.79. The number of aromatic amines is 1. The highest BCUT2D eigenvalue weighted by molar-refractivity contribution is 6.07. The van der Waals surface area contributed by atoms with Crippen molar-refractivity contribution in [3.63, 3.8) is 0 Å². The molecule has 0 atom stereocenters. The number of benzene rings is 2. The summed E-state index contributed by atoms with van der Waals surface area (Å²) in [5, 5.41) is 4.91. The smallest absolute Gasteiger partial charge is 0.273 e. The lowest BCUT2D eigenvalue weighted by molar-refractivity contribution is 0.0956. The van der Waals surface area contributed by atoms with Gasteiger partial charge in [0.1, 0.15) is 5.82 Å². The molecule has 110 valence electrons. The fourth-order valence-corrected chi connectivity index (χ4v) is 2.21. The van der Waals surface area contributed by atoms with Gasteiger partial charge in [0.05, 0.1) is 11.3 Å². The summed E-state index contributed by atoms with van der Waals surface area (Å²) in [6.45, 7) is 1.75. The van der Waals surface area contributed by atoms with Crippen LogP contribution in [0.4, 0.5) is 4.39 Å². The van der Waals surface area contributed by atoms with Gasteiger partial charge in [-0.3, -0.25) is 4.79 Å². The van der Waals surface area contributed by atoms with Crippen molar-refractivity contribution in [2.75, 3.05) is 0 Å². The molecule has 1 aromatic heterocycles. The van der Waals surface area contributed by atoms with Crippen molar-refractivity contribution in [3.05, 3.63) is 71.7 Å². The normalized spacial score (nSPS) is 11.6. The molecule has 4 nitrogen and oxygen atoms in total. The van der Waals surface area contributed by atoms with E-state index in [2.05, 4.69) is 15.5 Å². The standard InChI is InChI=1S/C17H14FN3O/c1-11(12-6-8-13(18)9-7-12)20-21-17(22)15-10-19-16-5-3-2-4-14(15)16/h2-10,19H,1H3,(H,21,22)/b20-11+. The summed E-state index contributed by atoms with van der Waals surface area (Å²) in [6, 6.07) is 13.5. The third-order valence-corrected chi connectivity index (χ3v) is 3.42. The van der Waals surface area contributed by atoms with Crippen LogP contribution in [0.25, 0.3) is 10.9 Å². The molecule has 1 amide bonds. The number of hydrazone groups is 1. The van der Waals surface area contributed by atoms with Crippen molar-refractivity contribution in [2.45, 2.75) is 6.92 Å². The Labute approximate surface area is 126 Å². The van der Waals surface area contributed by atoms with Crippen molar-refractivity contribution >= 4 is 22.5 Å². The number of rotatable bonds is 3. The Kier molecular flexibility index (Phi) is 3.70. The van der Waals surface area contributed by atoms with Crippen LogP contribution in [0.5, 0.6) is 0 Å². The van der Waals surface area contributed by atoms with Crippen LogP contribution < -0.4 is 5.43 Å². The number of H-pyrrole nitrogens is 1. The number of carbonyl (C=O) groups is 1. The first-order chi connectivity index (χ1) is 10.6. The number of para-hydroxylation sites is 1. The zero-order valence-electron chi connectivity index (χ0n) is 11.9. The van der Waals surface area contributed by atoms with Crippen LogP contribution in [0.2, 0.25) is 0 Å². The number of nitrogens with zero attached hydrogens (tertiary/aromatic N) is 1. The maximum atomic E-state index is 12.9. The SMILES string of the molecule is C/C(=N\NC(=O)c1c[nH]c2ccccc12)c1ccc(F)cc1. The van der Waals surface area contributed by atoms with Crippen LogP contribution in [0, 0.1) is 5.82 Å². The molecule has 0 aliphatic rings. The average Bonchev–Trinajstić information content (AvgIpc) is 2.97. The van der Waals surface area contributed by atoms with Crippen LogP contribution in [0.3, 0.4) is 0 Å². The minimum Gasteiger partial charge on any atom is -0.360 e. The lowest BCUT2D eigenvalue weighted by Crippen LogP contribution is -2.19. The lowest BCUT2D eigenvalue weighted by atomic mass is 10.1. The van der Waals surface area contributed by atoms with Gasteiger partial charge in [-0.15, -0.1) is 0 Å². The monoisotopic (exact) mass is 295 g/mol. The highest BCUT2D eigenvalue weighted by Crippen LogP contribution is 2.17. The van der Waals surface area contributed by atoms with E-state index in [0.717, 1.165) is 16.5 Å². The van der Waals surface area contributed by atoms with Gasteiger partial charge in [-0.2, -0.15) is 5.10 Å². The molecule has 22 heavy (non-hydrogen) atoms. The van der Waals surface area contributed by atoms with Gasteiger partial charge in [0.25, 0.3) is 5.91 Å². The second-order valence-corrected chi connectivity index (χ2v) is 4.89. The fraction of sp³-hybridized carbons (Fsp3) is 0.0588. The van der Waals surface area contributed by atoms with E-state index in [-0.39, 0.29) is 11.7 Å². The summed E-state index contributed by atoms with van der Waals surface area (Å²) in [6.07, 6.45) is 1.66. The molecule has 0 aliphatic carbocycles. The van der Waals surface area contributed by atoms with Crippen LogP contribution in [-0.2, 0) is 0 Å². The molecule has 0 saturated heterocycles. The Bertz CT molecular complexity index is 850. The predicted molar refractivity (Wildman–Crippen MR) is 84.4 cm³/mol. The molecule has 2 aromatic carbocycles. The minimum absolute atomic E-state index is 0.293. The van der Waals surface area contributed by atoms with E-state index in [9.17, 15) is 9.18 Å². The highest BCUT2D eigenvalue weighted by Gasteiger charge is 2.11. The van der Waals surface area contributed by atoms with E-state index >= 15 is 0 Å². The zero-order valence-corrected chi connectivity index (χ0v) is 11.9. The molecule has 5 heteroatoms. The molecule has 0 unspecified atom stereocenters. The number of fused-ring (bicyclic) bond motifs is 1. The van der Waals surface area contributed by atoms with Crippen molar-refractivity contribution in [3.8, 4) is 0 Å². The van der Waals surface area contributed by atoms with E-state index in [0.29, 0.717) is 11.3 Å². The van der Waals surface area contributed by atoms with Gasteiger partial charge >= 0.3 is 0 Å². The van der Waals surface area contributed by atoms with E-state index in [1.807, 2.05) is 24.3 Å². The first kappa shape index (κ1) is 14.0. The first-order valence-electron chi connectivity index (χ1n) is 6.82. The maximum Gasteiger partial charge on any atom is 0.273 e. The molecule has 0 spiro atoms. The van der Waals surface area contributed by atoms with Gasteiger partial charge in [0, 0.05) is 17.1 Å². The summed E-state index contributed by atoms with van der Waals surface area (Å²) in [4.78, 5) is 15.3. The summed E-state index contributed by atoms with van der Waals surface area (Å²) < 4.78 is 12.9. The Morgan fingerprint density at radius 1 is 1.14 bits per heavy atom. The minimum atomic E-state index is -0.306. The highest BCUT2D eigenvalue weighted by atomic mass is 19.1. The van der Waals surface area contributed by atoms with Crippen molar-refractivity contribution in [1.29, 1.82) is 0 Å². The van der Waals surface area contributed by atoms with E-state index in [1.165, 1.54) is 12.1 Å². The molecule has 3 rings (SSSR count). The number of nitrogens with one attached hydrogen (secondary N) is 2. The third kappa shape index (κ3) is 2.74. The molecule has 2 N–H and O–H groups in total. The van der Waals surface area contributed by atoms with Crippen LogP contribution in [-0.4, -0.2) is 16.6 Å². The van der Waals surface area contributed by atoms with Crippen LogP contribution in [0.15, 0.2) is 59.8 Å². The first-order valence-corrected chi connectivity index (χ1v) is 6.82. The van der Waals surface area contributed by atoms with Gasteiger partial charge in [-0.05, 0) is 30.7 Å². The summed E-state index contributed by atoms with van der Waals surface area (Å²) in [5.74, 6) is -0.599. The molecule has 1 heterocycles. The van der Waals surface area contributed by atoms with Gasteiger partial charge in [0.2, 0.25) is 0 Å². The summed E-state index contributed by atoms with van der Waals surface area (Å²) in [7, 11) is 0. The second-order valence-electron chi connectivity index (χ2n) is 4.89. The van der Waals surface area contributed by atoms with Gasteiger partial charge in [0.15, 0.2) is 0 Å². The molecule has 0 radical (unpaired) electrons. The summed E-state index contributed by atoms with van der Waals surface area (Å²) in [5.41, 5.74) is 5.31. The number of carbonyl (C=O) groups excluding carboxylic acids is 1.